The number of sulfone groups is 1. The maximum atomic E-state index is 15.0. The van der Waals surface area contributed by atoms with Crippen LogP contribution in [0.4, 0.5) is 15.8 Å². The highest BCUT2D eigenvalue weighted by atomic mass is 32.2. The fourth-order valence-electron chi connectivity index (χ4n) is 5.66. The summed E-state index contributed by atoms with van der Waals surface area (Å²) in [6, 6.07) is 18.1. The van der Waals surface area contributed by atoms with E-state index in [1.807, 2.05) is 26.0 Å². The van der Waals surface area contributed by atoms with Gasteiger partial charge in [-0.15, -0.1) is 0 Å². The number of rotatable bonds is 2. The molecule has 4 aromatic rings. The number of benzene rings is 3. The molecule has 198 valence electrons. The van der Waals surface area contributed by atoms with Crippen LogP contribution in [0.1, 0.15) is 42.2 Å². The summed E-state index contributed by atoms with van der Waals surface area (Å²) in [5.74, 6) is -1.75. The number of hydrogen-bond acceptors (Lipinski definition) is 6. The number of allylic oxidation sites excluding steroid dienone is 1. The lowest BCUT2D eigenvalue weighted by Crippen LogP contribution is -2.41. The highest BCUT2D eigenvalue weighted by molar-refractivity contribution is 7.95. The number of fused-ring (bicyclic) bond motifs is 2. The second kappa shape index (κ2) is 8.91. The summed E-state index contributed by atoms with van der Waals surface area (Å²) in [4.78, 5) is 19.9. The van der Waals surface area contributed by atoms with E-state index in [1.54, 1.807) is 42.6 Å². The van der Waals surface area contributed by atoms with Gasteiger partial charge in [0.1, 0.15) is 23.3 Å². The summed E-state index contributed by atoms with van der Waals surface area (Å²) >= 11 is 0. The SMILES string of the molecule is CC1(C)CC2=C(C(c3ccc4ncccc4c3)N(C(=O)c3ccccc3F)c3cccc(O)c3N2)S(=O)(=O)C1. The smallest absolute Gasteiger partial charge is 0.262 e. The van der Waals surface area contributed by atoms with Crippen LogP contribution in [0.25, 0.3) is 10.9 Å². The van der Waals surface area contributed by atoms with Gasteiger partial charge in [-0.25, -0.2) is 12.8 Å². The summed E-state index contributed by atoms with van der Waals surface area (Å²) < 4.78 is 43.1. The Morgan fingerprint density at radius 2 is 1.87 bits per heavy atom. The summed E-state index contributed by atoms with van der Waals surface area (Å²) in [5, 5.41) is 14.8. The van der Waals surface area contributed by atoms with E-state index in [2.05, 4.69) is 10.3 Å². The molecule has 2 N–H and O–H groups in total. The Labute approximate surface area is 225 Å². The molecule has 2 aliphatic heterocycles. The number of carbonyl (C=O) groups is 1. The third kappa shape index (κ3) is 4.23. The first-order chi connectivity index (χ1) is 18.6. The molecule has 3 heterocycles. The minimum atomic E-state index is -3.92. The Bertz CT molecular complexity index is 1800. The Morgan fingerprint density at radius 1 is 1.08 bits per heavy atom. The standard InChI is InChI=1S/C30H26FN3O4S/c1-30(2)16-23-28(39(37,38)17-30)27(19-12-13-22-18(15-19)7-6-14-32-22)34(24-10-5-11-25(35)26(24)33-23)29(36)20-8-3-4-9-21(20)31/h3-15,27,33,35H,16-17H2,1-2H3. The maximum Gasteiger partial charge on any atom is 0.262 e. The second-order valence-corrected chi connectivity index (χ2v) is 12.7. The lowest BCUT2D eigenvalue weighted by atomic mass is 9.88. The van der Waals surface area contributed by atoms with Gasteiger partial charge in [-0.2, -0.15) is 0 Å². The van der Waals surface area contributed by atoms with Crippen LogP contribution in [-0.2, 0) is 9.84 Å². The monoisotopic (exact) mass is 543 g/mol. The van der Waals surface area contributed by atoms with E-state index in [9.17, 15) is 18.3 Å². The maximum absolute atomic E-state index is 15.0. The van der Waals surface area contributed by atoms with Gasteiger partial charge in [0.2, 0.25) is 0 Å². The average Bonchev–Trinajstić information content (AvgIpc) is 3.03. The molecule has 7 nitrogen and oxygen atoms in total. The molecule has 3 aromatic carbocycles. The van der Waals surface area contributed by atoms with E-state index in [0.717, 1.165) is 5.39 Å². The van der Waals surface area contributed by atoms with Gasteiger partial charge in [0.25, 0.3) is 5.91 Å². The number of amides is 1. The number of hydrogen-bond donors (Lipinski definition) is 2. The highest BCUT2D eigenvalue weighted by Crippen LogP contribution is 2.51. The number of phenolic OH excluding ortho intramolecular Hbond substituents is 1. The molecule has 0 fully saturated rings. The van der Waals surface area contributed by atoms with Crippen molar-refractivity contribution in [3.63, 3.8) is 0 Å². The van der Waals surface area contributed by atoms with Crippen LogP contribution in [0.3, 0.4) is 0 Å². The molecule has 9 heteroatoms. The van der Waals surface area contributed by atoms with Crippen molar-refractivity contribution in [2.75, 3.05) is 16.0 Å². The van der Waals surface area contributed by atoms with Gasteiger partial charge in [-0.3, -0.25) is 14.7 Å². The lowest BCUT2D eigenvalue weighted by molar-refractivity contribution is 0.0977. The predicted molar refractivity (Wildman–Crippen MR) is 149 cm³/mol. The van der Waals surface area contributed by atoms with Crippen LogP contribution in [0.5, 0.6) is 5.75 Å². The van der Waals surface area contributed by atoms with Crippen LogP contribution >= 0.6 is 0 Å². The fraction of sp³-hybridized carbons (Fsp3) is 0.200. The number of aromatic hydroxyl groups is 1. The van der Waals surface area contributed by atoms with Crippen molar-refractivity contribution in [1.29, 1.82) is 0 Å². The number of carbonyl (C=O) groups excluding carboxylic acids is 1. The molecule has 2 aliphatic rings. The third-order valence-corrected chi connectivity index (χ3v) is 9.50. The molecule has 1 atom stereocenters. The highest BCUT2D eigenvalue weighted by Gasteiger charge is 2.47. The quantitative estimate of drug-likeness (QED) is 0.303. The van der Waals surface area contributed by atoms with E-state index >= 15 is 4.39 Å². The topological polar surface area (TPSA) is 99.6 Å². The Hall–Kier alpha value is -4.24. The minimum absolute atomic E-state index is 0.0327. The molecule has 39 heavy (non-hydrogen) atoms. The Kier molecular flexibility index (Phi) is 5.73. The normalized spacial score (nSPS) is 19.6. The zero-order valence-electron chi connectivity index (χ0n) is 21.3. The van der Waals surface area contributed by atoms with Gasteiger partial charge in [0.15, 0.2) is 9.84 Å². The second-order valence-electron chi connectivity index (χ2n) is 10.8. The number of aromatic nitrogens is 1. The average molecular weight is 544 g/mol. The molecule has 0 saturated carbocycles. The van der Waals surface area contributed by atoms with Crippen molar-refractivity contribution in [3.8, 4) is 5.75 Å². The first-order valence-corrected chi connectivity index (χ1v) is 14.2. The van der Waals surface area contributed by atoms with Crippen LogP contribution in [0, 0.1) is 11.2 Å². The third-order valence-electron chi connectivity index (χ3n) is 7.20. The van der Waals surface area contributed by atoms with E-state index < -0.39 is 33.0 Å². The van der Waals surface area contributed by atoms with Crippen LogP contribution in [0.2, 0.25) is 0 Å². The zero-order valence-corrected chi connectivity index (χ0v) is 22.2. The van der Waals surface area contributed by atoms with Gasteiger partial charge < -0.3 is 10.4 Å². The van der Waals surface area contributed by atoms with Gasteiger partial charge >= 0.3 is 0 Å². The number of pyridine rings is 1. The molecule has 6 rings (SSSR count). The molecule has 0 radical (unpaired) electrons. The van der Waals surface area contributed by atoms with Gasteiger partial charge in [-0.05, 0) is 59.9 Å². The van der Waals surface area contributed by atoms with E-state index in [1.165, 1.54) is 29.2 Å². The zero-order chi connectivity index (χ0) is 27.5. The first kappa shape index (κ1) is 25.1. The van der Waals surface area contributed by atoms with E-state index in [0.29, 0.717) is 23.2 Å². The molecule has 0 spiro atoms. The van der Waals surface area contributed by atoms with Crippen LogP contribution in [0.15, 0.2) is 89.6 Å². The number of halogens is 1. The molecule has 0 saturated heterocycles. The van der Waals surface area contributed by atoms with Crippen molar-refractivity contribution in [2.45, 2.75) is 26.3 Å². The van der Waals surface area contributed by atoms with Crippen molar-refractivity contribution in [1.82, 2.24) is 4.98 Å². The summed E-state index contributed by atoms with van der Waals surface area (Å²) in [6.45, 7) is 3.73. The molecular weight excluding hydrogens is 517 g/mol. The molecule has 0 bridgehead atoms. The Balaban J connectivity index is 1.71. The van der Waals surface area contributed by atoms with Gasteiger partial charge in [0.05, 0.1) is 27.4 Å². The number of phenols is 1. The summed E-state index contributed by atoms with van der Waals surface area (Å²) in [5.41, 5.74) is 1.24. The Morgan fingerprint density at radius 3 is 2.67 bits per heavy atom. The minimum Gasteiger partial charge on any atom is -0.506 e. The van der Waals surface area contributed by atoms with Gasteiger partial charge in [0, 0.05) is 17.3 Å². The molecule has 1 aromatic heterocycles. The van der Waals surface area contributed by atoms with Crippen molar-refractivity contribution >= 4 is 38.0 Å². The summed E-state index contributed by atoms with van der Waals surface area (Å²) in [7, 11) is -3.92. The lowest BCUT2D eigenvalue weighted by Gasteiger charge is -2.37. The number of anilines is 2. The number of nitrogens with zero attached hydrogens (tertiary/aromatic N) is 2. The number of para-hydroxylation sites is 1. The van der Waals surface area contributed by atoms with Crippen molar-refractivity contribution < 1.29 is 22.7 Å². The predicted octanol–water partition coefficient (Wildman–Crippen LogP) is 5.95. The van der Waals surface area contributed by atoms with Crippen molar-refractivity contribution in [3.05, 3.63) is 107 Å². The molecular formula is C30H26FN3O4S. The molecule has 0 aliphatic carbocycles. The van der Waals surface area contributed by atoms with Crippen LogP contribution < -0.4 is 10.2 Å². The summed E-state index contributed by atoms with van der Waals surface area (Å²) in [6.07, 6.45) is 2.03. The van der Waals surface area contributed by atoms with Gasteiger partial charge in [-0.1, -0.05) is 44.2 Å². The fourth-order valence-corrected chi connectivity index (χ4v) is 8.02. The largest absolute Gasteiger partial charge is 0.506 e. The van der Waals surface area contributed by atoms with E-state index in [-0.39, 0.29) is 33.3 Å². The first-order valence-electron chi connectivity index (χ1n) is 12.5. The van der Waals surface area contributed by atoms with Crippen molar-refractivity contribution in [2.24, 2.45) is 5.41 Å². The van der Waals surface area contributed by atoms with Crippen LogP contribution in [-0.4, -0.2) is 30.2 Å². The number of nitrogens with one attached hydrogen (secondary N) is 1. The van der Waals surface area contributed by atoms with E-state index in [4.69, 9.17) is 0 Å². The molecule has 1 unspecified atom stereocenters. The molecule has 1 amide bonds.